The first-order valence-corrected chi connectivity index (χ1v) is 10.1. The highest BCUT2D eigenvalue weighted by atomic mass is 32.2. The Morgan fingerprint density at radius 3 is 2.59 bits per heavy atom. The van der Waals surface area contributed by atoms with Gasteiger partial charge >= 0.3 is 0 Å². The van der Waals surface area contributed by atoms with Crippen LogP contribution in [0.25, 0.3) is 10.9 Å². The van der Waals surface area contributed by atoms with Crippen LogP contribution in [0.4, 0.5) is 0 Å². The SMILES string of the molecule is COc1ccc2[nH]c(=O)c(CCNS(=O)(=O)c3cc(C)ccc3C)cc2c1. The van der Waals surface area contributed by atoms with Gasteiger partial charge in [-0.25, -0.2) is 13.1 Å². The number of benzene rings is 2. The first-order valence-electron chi connectivity index (χ1n) is 8.57. The number of methoxy groups -OCH3 is 1. The Balaban J connectivity index is 1.79. The second-order valence-electron chi connectivity index (χ2n) is 6.49. The number of hydrogen-bond donors (Lipinski definition) is 2. The number of aromatic amines is 1. The van der Waals surface area contributed by atoms with Crippen LogP contribution in [0.1, 0.15) is 16.7 Å². The topological polar surface area (TPSA) is 88.3 Å². The number of pyridine rings is 1. The fourth-order valence-electron chi connectivity index (χ4n) is 2.94. The number of fused-ring (bicyclic) bond motifs is 1. The molecule has 1 heterocycles. The Hall–Kier alpha value is -2.64. The third-order valence-electron chi connectivity index (χ3n) is 4.45. The summed E-state index contributed by atoms with van der Waals surface area (Å²) in [7, 11) is -2.05. The molecule has 0 unspecified atom stereocenters. The number of H-pyrrole nitrogens is 1. The number of aromatic nitrogens is 1. The van der Waals surface area contributed by atoms with Gasteiger partial charge in [0.15, 0.2) is 0 Å². The molecular formula is C20H22N2O4S. The van der Waals surface area contributed by atoms with Gasteiger partial charge in [-0.3, -0.25) is 4.79 Å². The predicted octanol–water partition coefficient (Wildman–Crippen LogP) is 2.67. The van der Waals surface area contributed by atoms with E-state index in [1.807, 2.05) is 19.1 Å². The first kappa shape index (κ1) is 19.1. The molecule has 0 spiro atoms. The average Bonchev–Trinajstić information content (AvgIpc) is 2.63. The molecule has 2 N–H and O–H groups in total. The van der Waals surface area contributed by atoms with E-state index >= 15 is 0 Å². The molecule has 6 nitrogen and oxygen atoms in total. The minimum absolute atomic E-state index is 0.133. The van der Waals surface area contributed by atoms with Crippen LogP contribution in [0, 0.1) is 13.8 Å². The molecule has 0 atom stereocenters. The van der Waals surface area contributed by atoms with Crippen molar-refractivity contribution >= 4 is 20.9 Å². The number of hydrogen-bond acceptors (Lipinski definition) is 4. The fourth-order valence-corrected chi connectivity index (χ4v) is 4.30. The van der Waals surface area contributed by atoms with Crippen molar-refractivity contribution in [2.24, 2.45) is 0 Å². The van der Waals surface area contributed by atoms with Crippen molar-refractivity contribution in [3.05, 3.63) is 69.5 Å². The summed E-state index contributed by atoms with van der Waals surface area (Å²) in [6.07, 6.45) is 0.284. The lowest BCUT2D eigenvalue weighted by atomic mass is 10.1. The summed E-state index contributed by atoms with van der Waals surface area (Å²) in [6, 6.07) is 12.5. The molecule has 2 aromatic carbocycles. The van der Waals surface area contributed by atoms with Gasteiger partial charge in [-0.05, 0) is 61.7 Å². The summed E-state index contributed by atoms with van der Waals surface area (Å²) >= 11 is 0. The zero-order valence-corrected chi connectivity index (χ0v) is 16.3. The van der Waals surface area contributed by atoms with Gasteiger partial charge < -0.3 is 9.72 Å². The van der Waals surface area contributed by atoms with Crippen LogP contribution in [-0.4, -0.2) is 27.1 Å². The van der Waals surface area contributed by atoms with Gasteiger partial charge in [0.2, 0.25) is 10.0 Å². The predicted molar refractivity (Wildman–Crippen MR) is 106 cm³/mol. The Morgan fingerprint density at radius 1 is 1.07 bits per heavy atom. The smallest absolute Gasteiger partial charge is 0.251 e. The quantitative estimate of drug-likeness (QED) is 0.682. The van der Waals surface area contributed by atoms with E-state index < -0.39 is 10.0 Å². The Kier molecular flexibility index (Phi) is 5.34. The first-order chi connectivity index (χ1) is 12.8. The van der Waals surface area contributed by atoms with Crippen LogP contribution < -0.4 is 15.0 Å². The zero-order chi connectivity index (χ0) is 19.6. The minimum Gasteiger partial charge on any atom is -0.497 e. The molecule has 7 heteroatoms. The lowest BCUT2D eigenvalue weighted by Gasteiger charge is -2.10. The third kappa shape index (κ3) is 4.20. The summed E-state index contributed by atoms with van der Waals surface area (Å²) in [5.41, 5.74) is 2.56. The summed E-state index contributed by atoms with van der Waals surface area (Å²) in [5.74, 6) is 0.691. The van der Waals surface area contributed by atoms with E-state index in [2.05, 4.69) is 9.71 Å². The van der Waals surface area contributed by atoms with Crippen molar-refractivity contribution in [1.82, 2.24) is 9.71 Å². The zero-order valence-electron chi connectivity index (χ0n) is 15.5. The van der Waals surface area contributed by atoms with E-state index in [0.29, 0.717) is 22.4 Å². The van der Waals surface area contributed by atoms with Crippen LogP contribution in [0.5, 0.6) is 5.75 Å². The second-order valence-corrected chi connectivity index (χ2v) is 8.23. The molecule has 142 valence electrons. The number of nitrogens with one attached hydrogen (secondary N) is 2. The van der Waals surface area contributed by atoms with Gasteiger partial charge in [-0.1, -0.05) is 12.1 Å². The fraction of sp³-hybridized carbons (Fsp3) is 0.250. The van der Waals surface area contributed by atoms with Gasteiger partial charge in [-0.15, -0.1) is 0 Å². The van der Waals surface area contributed by atoms with Gasteiger partial charge in [-0.2, -0.15) is 0 Å². The minimum atomic E-state index is -3.63. The molecule has 3 rings (SSSR count). The summed E-state index contributed by atoms with van der Waals surface area (Å²) in [6.45, 7) is 3.74. The highest BCUT2D eigenvalue weighted by Crippen LogP contribution is 2.19. The number of rotatable bonds is 6. The van der Waals surface area contributed by atoms with Crippen molar-refractivity contribution < 1.29 is 13.2 Å². The van der Waals surface area contributed by atoms with E-state index in [9.17, 15) is 13.2 Å². The van der Waals surface area contributed by atoms with Crippen LogP contribution in [0.2, 0.25) is 0 Å². The maximum atomic E-state index is 12.6. The molecule has 0 radical (unpaired) electrons. The molecular weight excluding hydrogens is 364 g/mol. The van der Waals surface area contributed by atoms with E-state index in [0.717, 1.165) is 10.9 Å². The average molecular weight is 386 g/mol. The number of aryl methyl sites for hydroxylation is 2. The molecule has 0 fully saturated rings. The number of ether oxygens (including phenoxy) is 1. The van der Waals surface area contributed by atoms with Crippen molar-refractivity contribution in [1.29, 1.82) is 0 Å². The Labute approximate surface area is 158 Å². The maximum absolute atomic E-state index is 12.6. The second kappa shape index (κ2) is 7.54. The molecule has 3 aromatic rings. The van der Waals surface area contributed by atoms with Crippen LogP contribution in [0.15, 0.2) is 52.2 Å². The molecule has 0 aliphatic heterocycles. The standard InChI is InChI=1S/C20H22N2O4S/c1-13-4-5-14(2)19(10-13)27(24,25)21-9-8-15-11-16-12-17(26-3)6-7-18(16)22-20(15)23/h4-7,10-12,21H,8-9H2,1-3H3,(H,22,23). The maximum Gasteiger partial charge on any atom is 0.251 e. The Morgan fingerprint density at radius 2 is 1.85 bits per heavy atom. The van der Waals surface area contributed by atoms with E-state index in [-0.39, 0.29) is 23.4 Å². The van der Waals surface area contributed by atoms with E-state index in [1.54, 1.807) is 44.4 Å². The molecule has 0 aliphatic carbocycles. The Bertz CT molecular complexity index is 1150. The van der Waals surface area contributed by atoms with Gasteiger partial charge in [0, 0.05) is 23.0 Å². The van der Waals surface area contributed by atoms with Crippen molar-refractivity contribution in [2.45, 2.75) is 25.2 Å². The molecule has 0 bridgehead atoms. The highest BCUT2D eigenvalue weighted by molar-refractivity contribution is 7.89. The van der Waals surface area contributed by atoms with Gasteiger partial charge in [0.05, 0.1) is 12.0 Å². The molecule has 0 saturated heterocycles. The molecule has 0 aliphatic rings. The van der Waals surface area contributed by atoms with E-state index in [1.165, 1.54) is 0 Å². The van der Waals surface area contributed by atoms with Crippen molar-refractivity contribution in [3.8, 4) is 5.75 Å². The molecule has 0 saturated carbocycles. The third-order valence-corrected chi connectivity index (χ3v) is 6.05. The van der Waals surface area contributed by atoms with Crippen LogP contribution in [0.3, 0.4) is 0 Å². The van der Waals surface area contributed by atoms with Crippen molar-refractivity contribution in [2.75, 3.05) is 13.7 Å². The van der Waals surface area contributed by atoms with Crippen molar-refractivity contribution in [3.63, 3.8) is 0 Å². The normalized spacial score (nSPS) is 11.7. The van der Waals surface area contributed by atoms with Crippen LogP contribution in [-0.2, 0) is 16.4 Å². The van der Waals surface area contributed by atoms with Crippen LogP contribution >= 0.6 is 0 Å². The number of sulfonamides is 1. The highest BCUT2D eigenvalue weighted by Gasteiger charge is 2.16. The summed E-state index contributed by atoms with van der Waals surface area (Å²) < 4.78 is 32.9. The largest absolute Gasteiger partial charge is 0.497 e. The molecule has 1 aromatic heterocycles. The lowest BCUT2D eigenvalue weighted by molar-refractivity contribution is 0.415. The molecule has 0 amide bonds. The van der Waals surface area contributed by atoms with Gasteiger partial charge in [0.25, 0.3) is 5.56 Å². The summed E-state index contributed by atoms with van der Waals surface area (Å²) in [5, 5.41) is 0.835. The monoisotopic (exact) mass is 386 g/mol. The van der Waals surface area contributed by atoms with E-state index in [4.69, 9.17) is 4.74 Å². The van der Waals surface area contributed by atoms with Gasteiger partial charge in [0.1, 0.15) is 5.75 Å². The summed E-state index contributed by atoms with van der Waals surface area (Å²) in [4.78, 5) is 15.3. The lowest BCUT2D eigenvalue weighted by Crippen LogP contribution is -2.28. The molecule has 27 heavy (non-hydrogen) atoms.